The summed E-state index contributed by atoms with van der Waals surface area (Å²) in [5, 5.41) is 6.09. The second kappa shape index (κ2) is 9.54. The van der Waals surface area contributed by atoms with Crippen LogP contribution in [-0.2, 0) is 4.74 Å². The molecule has 4 rings (SSSR count). The van der Waals surface area contributed by atoms with E-state index < -0.39 is 0 Å². The van der Waals surface area contributed by atoms with Gasteiger partial charge in [-0.1, -0.05) is 18.2 Å². The lowest BCUT2D eigenvalue weighted by Gasteiger charge is -2.31. The normalized spacial score (nSPS) is 14.4. The molecule has 1 amide bonds. The highest BCUT2D eigenvalue weighted by molar-refractivity contribution is 5.67. The standard InChI is InChI=1S/C22H26N6O4/c1-15(2)31-22(30)27-10-8-17(9-11-27)32-20-12-18(23-14-24-20)25-19-13-21(29)28(26-19)16-6-4-3-5-7-16/h3-7,12-15,17,26H,8-11H2,1-2H3,(H,23,24,25). The fourth-order valence-electron chi connectivity index (χ4n) is 3.44. The Balaban J connectivity index is 1.36. The van der Waals surface area contributed by atoms with E-state index in [0.29, 0.717) is 43.4 Å². The minimum absolute atomic E-state index is 0.0557. The van der Waals surface area contributed by atoms with Crippen LogP contribution in [-0.4, -0.2) is 56.0 Å². The fourth-order valence-corrected chi connectivity index (χ4v) is 3.44. The van der Waals surface area contributed by atoms with Crippen molar-refractivity contribution in [2.45, 2.75) is 38.9 Å². The number of nitrogens with one attached hydrogen (secondary N) is 2. The van der Waals surface area contributed by atoms with Gasteiger partial charge >= 0.3 is 6.09 Å². The molecular weight excluding hydrogens is 412 g/mol. The average Bonchev–Trinajstić information content (AvgIpc) is 3.14. The SMILES string of the molecule is CC(C)OC(=O)N1CCC(Oc2cc(Nc3cc(=O)n(-c4ccccc4)[nH]3)ncn2)CC1. The smallest absolute Gasteiger partial charge is 0.410 e. The summed E-state index contributed by atoms with van der Waals surface area (Å²) in [5.74, 6) is 1.42. The van der Waals surface area contributed by atoms with Gasteiger partial charge in [0.05, 0.1) is 11.8 Å². The molecule has 0 saturated carbocycles. The second-order valence-electron chi connectivity index (χ2n) is 7.78. The van der Waals surface area contributed by atoms with Gasteiger partial charge in [0.1, 0.15) is 24.1 Å². The Hall–Kier alpha value is -3.82. The molecule has 1 saturated heterocycles. The highest BCUT2D eigenvalue weighted by Gasteiger charge is 2.25. The Bertz CT molecular complexity index is 1100. The van der Waals surface area contributed by atoms with E-state index in [1.807, 2.05) is 44.2 Å². The summed E-state index contributed by atoms with van der Waals surface area (Å²) in [7, 11) is 0. The number of benzene rings is 1. The van der Waals surface area contributed by atoms with Crippen molar-refractivity contribution < 1.29 is 14.3 Å². The Morgan fingerprint density at radius 1 is 1.16 bits per heavy atom. The zero-order valence-electron chi connectivity index (χ0n) is 18.0. The minimum Gasteiger partial charge on any atom is -0.474 e. The van der Waals surface area contributed by atoms with Crippen LogP contribution in [0.4, 0.5) is 16.4 Å². The molecule has 1 aromatic carbocycles. The van der Waals surface area contributed by atoms with E-state index in [1.54, 1.807) is 11.0 Å². The molecule has 2 N–H and O–H groups in total. The zero-order chi connectivity index (χ0) is 22.5. The lowest BCUT2D eigenvalue weighted by molar-refractivity contribution is 0.0507. The third kappa shape index (κ3) is 5.26. The van der Waals surface area contributed by atoms with Gasteiger partial charge in [-0.15, -0.1) is 0 Å². The molecule has 0 bridgehead atoms. The van der Waals surface area contributed by atoms with Crippen molar-refractivity contribution in [3.63, 3.8) is 0 Å². The Morgan fingerprint density at radius 3 is 2.62 bits per heavy atom. The number of hydrogen-bond acceptors (Lipinski definition) is 7. The first kappa shape index (κ1) is 21.4. The topological polar surface area (TPSA) is 114 Å². The molecule has 0 spiro atoms. The lowest BCUT2D eigenvalue weighted by atomic mass is 10.1. The highest BCUT2D eigenvalue weighted by atomic mass is 16.6. The van der Waals surface area contributed by atoms with Crippen LogP contribution in [0.15, 0.2) is 53.6 Å². The fraction of sp³-hybridized carbons (Fsp3) is 0.364. The number of anilines is 2. The number of amides is 1. The maximum Gasteiger partial charge on any atom is 0.410 e. The van der Waals surface area contributed by atoms with Crippen LogP contribution in [0, 0.1) is 0 Å². The lowest BCUT2D eigenvalue weighted by Crippen LogP contribution is -2.42. The Kier molecular flexibility index (Phi) is 6.39. The molecule has 3 aromatic rings. The summed E-state index contributed by atoms with van der Waals surface area (Å²) in [5.41, 5.74) is 0.549. The number of ether oxygens (including phenoxy) is 2. The third-order valence-electron chi connectivity index (χ3n) is 4.96. The van der Waals surface area contributed by atoms with Crippen molar-refractivity contribution in [1.82, 2.24) is 24.6 Å². The van der Waals surface area contributed by atoms with Crippen LogP contribution >= 0.6 is 0 Å². The van der Waals surface area contributed by atoms with Crippen LogP contribution in [0.25, 0.3) is 5.69 Å². The van der Waals surface area contributed by atoms with Crippen molar-refractivity contribution in [3.05, 3.63) is 59.1 Å². The van der Waals surface area contributed by atoms with Gasteiger partial charge in [-0.25, -0.2) is 19.4 Å². The Morgan fingerprint density at radius 2 is 1.91 bits per heavy atom. The molecule has 168 valence electrons. The quantitative estimate of drug-likeness (QED) is 0.608. The molecule has 0 unspecified atom stereocenters. The van der Waals surface area contributed by atoms with Gasteiger partial charge in [0.2, 0.25) is 5.88 Å². The predicted molar refractivity (Wildman–Crippen MR) is 119 cm³/mol. The van der Waals surface area contributed by atoms with Crippen LogP contribution in [0.3, 0.4) is 0 Å². The first-order valence-corrected chi connectivity index (χ1v) is 10.6. The molecule has 0 atom stereocenters. The summed E-state index contributed by atoms with van der Waals surface area (Å²) in [6.07, 6.45) is 2.30. The number of carbonyl (C=O) groups is 1. The minimum atomic E-state index is -0.289. The number of aromatic amines is 1. The predicted octanol–water partition coefficient (Wildman–Crippen LogP) is 3.09. The summed E-state index contributed by atoms with van der Waals surface area (Å²) >= 11 is 0. The van der Waals surface area contributed by atoms with E-state index in [4.69, 9.17) is 9.47 Å². The third-order valence-corrected chi connectivity index (χ3v) is 4.96. The molecule has 10 nitrogen and oxygen atoms in total. The molecule has 32 heavy (non-hydrogen) atoms. The van der Waals surface area contributed by atoms with Crippen LogP contribution in [0.2, 0.25) is 0 Å². The molecule has 1 aliphatic rings. The number of aromatic nitrogens is 4. The van der Waals surface area contributed by atoms with E-state index in [0.717, 1.165) is 5.69 Å². The van der Waals surface area contributed by atoms with Crippen molar-refractivity contribution in [2.24, 2.45) is 0 Å². The summed E-state index contributed by atoms with van der Waals surface area (Å²) < 4.78 is 12.7. The van der Waals surface area contributed by atoms with Gasteiger partial charge < -0.3 is 19.7 Å². The van der Waals surface area contributed by atoms with Gasteiger partial charge in [0, 0.05) is 38.1 Å². The van der Waals surface area contributed by atoms with Crippen molar-refractivity contribution in [2.75, 3.05) is 18.4 Å². The molecule has 0 aliphatic carbocycles. The van der Waals surface area contributed by atoms with Crippen molar-refractivity contribution in [3.8, 4) is 11.6 Å². The largest absolute Gasteiger partial charge is 0.474 e. The number of para-hydroxylation sites is 1. The molecule has 0 radical (unpaired) electrons. The second-order valence-corrected chi connectivity index (χ2v) is 7.78. The maximum absolute atomic E-state index is 12.3. The zero-order valence-corrected chi connectivity index (χ0v) is 18.0. The Labute approximate surface area is 185 Å². The number of nitrogens with zero attached hydrogens (tertiary/aromatic N) is 4. The molecule has 10 heteroatoms. The van der Waals surface area contributed by atoms with Gasteiger partial charge in [-0.05, 0) is 26.0 Å². The molecule has 1 fully saturated rings. The summed E-state index contributed by atoms with van der Waals surface area (Å²) in [6, 6.07) is 12.4. The van der Waals surface area contributed by atoms with E-state index in [-0.39, 0.29) is 23.9 Å². The van der Waals surface area contributed by atoms with Crippen molar-refractivity contribution in [1.29, 1.82) is 0 Å². The van der Waals surface area contributed by atoms with Gasteiger partial charge in [-0.3, -0.25) is 9.89 Å². The molecular formula is C22H26N6O4. The van der Waals surface area contributed by atoms with Gasteiger partial charge in [-0.2, -0.15) is 0 Å². The van der Waals surface area contributed by atoms with Gasteiger partial charge in [0.15, 0.2) is 0 Å². The number of H-pyrrole nitrogens is 1. The first-order chi connectivity index (χ1) is 15.5. The van der Waals surface area contributed by atoms with E-state index in [9.17, 15) is 9.59 Å². The first-order valence-electron chi connectivity index (χ1n) is 10.6. The molecule has 3 heterocycles. The number of carbonyl (C=O) groups excluding carboxylic acids is 1. The monoisotopic (exact) mass is 438 g/mol. The average molecular weight is 438 g/mol. The molecule has 1 aliphatic heterocycles. The van der Waals surface area contributed by atoms with Crippen LogP contribution < -0.4 is 15.6 Å². The maximum atomic E-state index is 12.3. The van der Waals surface area contributed by atoms with E-state index in [1.165, 1.54) is 17.1 Å². The van der Waals surface area contributed by atoms with Crippen LogP contribution in [0.1, 0.15) is 26.7 Å². The van der Waals surface area contributed by atoms with E-state index >= 15 is 0 Å². The number of hydrogen-bond donors (Lipinski definition) is 2. The van der Waals surface area contributed by atoms with Gasteiger partial charge in [0.25, 0.3) is 5.56 Å². The van der Waals surface area contributed by atoms with E-state index in [2.05, 4.69) is 20.4 Å². The number of likely N-dealkylation sites (tertiary alicyclic amines) is 1. The summed E-state index contributed by atoms with van der Waals surface area (Å²) in [6.45, 7) is 4.81. The number of piperidine rings is 1. The number of rotatable bonds is 6. The van der Waals surface area contributed by atoms with Crippen LogP contribution in [0.5, 0.6) is 5.88 Å². The van der Waals surface area contributed by atoms with Crippen molar-refractivity contribution >= 4 is 17.7 Å². The highest BCUT2D eigenvalue weighted by Crippen LogP contribution is 2.21. The molecule has 2 aromatic heterocycles. The summed E-state index contributed by atoms with van der Waals surface area (Å²) in [4.78, 5) is 34.4.